The maximum atomic E-state index is 12.5. The molecule has 26 heavy (non-hydrogen) atoms. The Labute approximate surface area is 158 Å². The molecule has 0 bridgehead atoms. The average Bonchev–Trinajstić information content (AvgIpc) is 2.69. The van der Waals surface area contributed by atoms with Crippen molar-refractivity contribution in [3.63, 3.8) is 0 Å². The maximum Gasteiger partial charge on any atom is 0.321 e. The second-order valence-electron chi connectivity index (χ2n) is 6.23. The Morgan fingerprint density at radius 2 is 1.65 bits per heavy atom. The van der Waals surface area contributed by atoms with Gasteiger partial charge in [0.15, 0.2) is 0 Å². The number of piperidine rings is 1. The van der Waals surface area contributed by atoms with E-state index >= 15 is 0 Å². The number of nitrogens with one attached hydrogen (secondary N) is 2. The number of nitrogens with zero attached hydrogens (tertiary/aromatic N) is 1. The second kappa shape index (κ2) is 8.76. The van der Waals surface area contributed by atoms with E-state index in [2.05, 4.69) is 10.6 Å². The first-order chi connectivity index (χ1) is 12.7. The molecule has 2 aromatic carbocycles. The molecule has 1 aliphatic rings. The van der Waals surface area contributed by atoms with Crippen molar-refractivity contribution in [2.75, 3.05) is 24.7 Å². The Morgan fingerprint density at radius 3 is 2.35 bits per heavy atom. The zero-order chi connectivity index (χ0) is 18.4. The second-order valence-corrected chi connectivity index (χ2v) is 7.08. The van der Waals surface area contributed by atoms with Crippen molar-refractivity contribution in [2.24, 2.45) is 0 Å². The van der Waals surface area contributed by atoms with Crippen LogP contribution in [-0.2, 0) is 0 Å². The molecule has 0 aromatic heterocycles. The van der Waals surface area contributed by atoms with E-state index < -0.39 is 0 Å². The Bertz CT molecular complexity index is 759. The van der Waals surface area contributed by atoms with Crippen LogP contribution < -0.4 is 10.6 Å². The molecule has 3 amide bonds. The van der Waals surface area contributed by atoms with Gasteiger partial charge in [0.2, 0.25) is 0 Å². The van der Waals surface area contributed by atoms with E-state index in [0.29, 0.717) is 18.7 Å². The molecule has 0 saturated carbocycles. The molecule has 1 saturated heterocycles. The molecule has 3 rings (SSSR count). The summed E-state index contributed by atoms with van der Waals surface area (Å²) in [4.78, 5) is 27.6. The summed E-state index contributed by atoms with van der Waals surface area (Å²) < 4.78 is 0. The van der Waals surface area contributed by atoms with Crippen molar-refractivity contribution in [1.29, 1.82) is 0 Å². The molecule has 0 unspecified atom stereocenters. The Hall–Kier alpha value is -2.47. The third-order valence-electron chi connectivity index (χ3n) is 4.50. The summed E-state index contributed by atoms with van der Waals surface area (Å²) in [5.74, 6) is -0.0533. The molecule has 1 fully saturated rings. The number of urea groups is 1. The summed E-state index contributed by atoms with van der Waals surface area (Å²) in [6.07, 6.45) is 3.51. The number of thioether (sulfide) groups is 1. The first-order valence-corrected chi connectivity index (χ1v) is 9.94. The Morgan fingerprint density at radius 1 is 1.00 bits per heavy atom. The summed E-state index contributed by atoms with van der Waals surface area (Å²) in [7, 11) is 0. The first kappa shape index (κ1) is 18.3. The molecule has 5 nitrogen and oxygen atoms in total. The lowest BCUT2D eigenvalue weighted by Crippen LogP contribution is -2.47. The standard InChI is InChI=1S/C20H23N3O2S/c1-26-18-10-6-5-9-17(18)22-20(25)23-13-11-16(12-14-23)21-19(24)15-7-3-2-4-8-15/h2-10,16H,11-14H2,1H3,(H,21,24)(H,22,25). The fourth-order valence-corrected chi connectivity index (χ4v) is 3.58. The van der Waals surface area contributed by atoms with Crippen molar-refractivity contribution in [2.45, 2.75) is 23.8 Å². The van der Waals surface area contributed by atoms with Gasteiger partial charge in [-0.15, -0.1) is 11.8 Å². The van der Waals surface area contributed by atoms with E-state index in [1.165, 1.54) is 0 Å². The summed E-state index contributed by atoms with van der Waals surface area (Å²) in [5, 5.41) is 6.05. The van der Waals surface area contributed by atoms with Crippen molar-refractivity contribution in [3.8, 4) is 0 Å². The maximum absolute atomic E-state index is 12.5. The van der Waals surface area contributed by atoms with Gasteiger partial charge in [0.1, 0.15) is 0 Å². The smallest absolute Gasteiger partial charge is 0.321 e. The highest BCUT2D eigenvalue weighted by Gasteiger charge is 2.24. The lowest BCUT2D eigenvalue weighted by Gasteiger charge is -2.32. The van der Waals surface area contributed by atoms with Crippen molar-refractivity contribution in [1.82, 2.24) is 10.2 Å². The zero-order valence-corrected chi connectivity index (χ0v) is 15.6. The third-order valence-corrected chi connectivity index (χ3v) is 5.30. The summed E-state index contributed by atoms with van der Waals surface area (Å²) in [6, 6.07) is 17.0. The number of para-hydroxylation sites is 1. The van der Waals surface area contributed by atoms with Crippen LogP contribution in [0.4, 0.5) is 10.5 Å². The van der Waals surface area contributed by atoms with Gasteiger partial charge in [-0.1, -0.05) is 30.3 Å². The molecule has 0 atom stereocenters. The number of hydrogen-bond donors (Lipinski definition) is 2. The lowest BCUT2D eigenvalue weighted by molar-refractivity contribution is 0.0919. The largest absolute Gasteiger partial charge is 0.349 e. The van der Waals surface area contributed by atoms with E-state index in [4.69, 9.17) is 0 Å². The SMILES string of the molecule is CSc1ccccc1NC(=O)N1CCC(NC(=O)c2ccccc2)CC1. The van der Waals surface area contributed by atoms with E-state index in [9.17, 15) is 9.59 Å². The molecule has 1 heterocycles. The number of hydrogen-bond acceptors (Lipinski definition) is 3. The van der Waals surface area contributed by atoms with E-state index in [-0.39, 0.29) is 18.0 Å². The normalized spacial score (nSPS) is 14.7. The van der Waals surface area contributed by atoms with Gasteiger partial charge in [0.25, 0.3) is 5.91 Å². The van der Waals surface area contributed by atoms with Crippen molar-refractivity contribution < 1.29 is 9.59 Å². The molecule has 1 aliphatic heterocycles. The predicted octanol–water partition coefficient (Wildman–Crippen LogP) is 3.83. The van der Waals surface area contributed by atoms with Crippen LogP contribution in [0.15, 0.2) is 59.5 Å². The van der Waals surface area contributed by atoms with Gasteiger partial charge >= 0.3 is 6.03 Å². The molecule has 2 aromatic rings. The van der Waals surface area contributed by atoms with Gasteiger partial charge in [0.05, 0.1) is 5.69 Å². The van der Waals surface area contributed by atoms with Crippen LogP contribution in [0.5, 0.6) is 0 Å². The van der Waals surface area contributed by atoms with Crippen LogP contribution in [-0.4, -0.2) is 42.2 Å². The van der Waals surface area contributed by atoms with E-state index in [1.54, 1.807) is 23.9 Å². The molecule has 6 heteroatoms. The van der Waals surface area contributed by atoms with Gasteiger partial charge < -0.3 is 15.5 Å². The van der Waals surface area contributed by atoms with E-state index in [1.807, 2.05) is 53.6 Å². The van der Waals surface area contributed by atoms with Crippen LogP contribution in [0, 0.1) is 0 Å². The van der Waals surface area contributed by atoms with Gasteiger partial charge in [0, 0.05) is 29.6 Å². The van der Waals surface area contributed by atoms with Gasteiger partial charge in [-0.25, -0.2) is 4.79 Å². The highest BCUT2D eigenvalue weighted by Crippen LogP contribution is 2.25. The summed E-state index contributed by atoms with van der Waals surface area (Å²) in [5.41, 5.74) is 1.51. The number of likely N-dealkylation sites (tertiary alicyclic amines) is 1. The minimum absolute atomic E-state index is 0.0533. The van der Waals surface area contributed by atoms with Crippen LogP contribution in [0.1, 0.15) is 23.2 Å². The number of benzene rings is 2. The highest BCUT2D eigenvalue weighted by atomic mass is 32.2. The Kier molecular flexibility index (Phi) is 6.17. The molecular weight excluding hydrogens is 346 g/mol. The fourth-order valence-electron chi connectivity index (χ4n) is 3.03. The number of carbonyl (C=O) groups excluding carboxylic acids is 2. The van der Waals surface area contributed by atoms with Crippen LogP contribution in [0.3, 0.4) is 0 Å². The van der Waals surface area contributed by atoms with Crippen molar-refractivity contribution in [3.05, 3.63) is 60.2 Å². The fraction of sp³-hybridized carbons (Fsp3) is 0.300. The lowest BCUT2D eigenvalue weighted by atomic mass is 10.0. The number of rotatable bonds is 4. The molecule has 0 spiro atoms. The molecule has 0 radical (unpaired) electrons. The van der Waals surface area contributed by atoms with Gasteiger partial charge in [-0.2, -0.15) is 0 Å². The van der Waals surface area contributed by atoms with Crippen LogP contribution >= 0.6 is 11.8 Å². The minimum Gasteiger partial charge on any atom is -0.349 e. The number of carbonyl (C=O) groups is 2. The van der Waals surface area contributed by atoms with Crippen LogP contribution in [0.2, 0.25) is 0 Å². The zero-order valence-electron chi connectivity index (χ0n) is 14.8. The molecule has 136 valence electrons. The Balaban J connectivity index is 1.50. The monoisotopic (exact) mass is 369 g/mol. The minimum atomic E-state index is -0.0839. The first-order valence-electron chi connectivity index (χ1n) is 8.72. The van der Waals surface area contributed by atoms with Crippen molar-refractivity contribution >= 4 is 29.4 Å². The average molecular weight is 369 g/mol. The van der Waals surface area contributed by atoms with E-state index in [0.717, 1.165) is 23.4 Å². The third kappa shape index (κ3) is 4.58. The summed E-state index contributed by atoms with van der Waals surface area (Å²) in [6.45, 7) is 1.26. The molecule has 0 aliphatic carbocycles. The topological polar surface area (TPSA) is 61.4 Å². The molecular formula is C20H23N3O2S. The highest BCUT2D eigenvalue weighted by molar-refractivity contribution is 7.98. The number of amides is 3. The van der Waals surface area contributed by atoms with Gasteiger partial charge in [-0.3, -0.25) is 4.79 Å². The van der Waals surface area contributed by atoms with Gasteiger partial charge in [-0.05, 0) is 43.4 Å². The predicted molar refractivity (Wildman–Crippen MR) is 106 cm³/mol. The molecule has 2 N–H and O–H groups in total. The number of anilines is 1. The quantitative estimate of drug-likeness (QED) is 0.805. The summed E-state index contributed by atoms with van der Waals surface area (Å²) >= 11 is 1.61. The van der Waals surface area contributed by atoms with Crippen LogP contribution in [0.25, 0.3) is 0 Å².